The maximum atomic E-state index is 11.1. The monoisotopic (exact) mass is 211 g/mol. The van der Waals surface area contributed by atoms with Crippen LogP contribution in [0, 0.1) is 0 Å². The van der Waals surface area contributed by atoms with Crippen molar-refractivity contribution in [1.82, 2.24) is 4.90 Å². The van der Waals surface area contributed by atoms with Gasteiger partial charge in [-0.05, 0) is 6.42 Å². The van der Waals surface area contributed by atoms with E-state index >= 15 is 0 Å². The zero-order valence-electron chi connectivity index (χ0n) is 8.22. The highest BCUT2D eigenvalue weighted by Gasteiger charge is 2.20. The summed E-state index contributed by atoms with van der Waals surface area (Å²) in [6.07, 6.45) is 1.51. The Hall–Kier alpha value is -1.33. The summed E-state index contributed by atoms with van der Waals surface area (Å²) >= 11 is 0. The third kappa shape index (κ3) is 2.37. The fourth-order valence-corrected chi connectivity index (χ4v) is 1.70. The average Bonchev–Trinajstić information content (AvgIpc) is 2.58. The number of aliphatic hydroxyl groups excluding tert-OH is 1. The highest BCUT2D eigenvalue weighted by atomic mass is 16.4. The molecule has 1 aromatic heterocycles. The standard InChI is InChI=1S/C10H13NO4/c12-7-1-2-11(4-7)5-8-3-9(13)10(14)6-15-8/h3,6-7,12,14H,1-2,4-5H2/t7-/m0/s1. The molecule has 1 saturated heterocycles. The maximum Gasteiger partial charge on any atom is 0.226 e. The van der Waals surface area contributed by atoms with Gasteiger partial charge >= 0.3 is 0 Å². The molecule has 0 aliphatic carbocycles. The fourth-order valence-electron chi connectivity index (χ4n) is 1.70. The molecule has 5 heteroatoms. The fraction of sp³-hybridized carbons (Fsp3) is 0.500. The highest BCUT2D eigenvalue weighted by Crippen LogP contribution is 2.13. The van der Waals surface area contributed by atoms with Gasteiger partial charge < -0.3 is 14.6 Å². The lowest BCUT2D eigenvalue weighted by Gasteiger charge is -2.13. The molecule has 1 aliphatic heterocycles. The third-order valence-electron chi connectivity index (χ3n) is 2.49. The highest BCUT2D eigenvalue weighted by molar-refractivity contribution is 5.15. The lowest BCUT2D eigenvalue weighted by molar-refractivity contribution is 0.171. The van der Waals surface area contributed by atoms with Crippen molar-refractivity contribution in [3.05, 3.63) is 28.3 Å². The predicted octanol–water partition coefficient (Wildman–Crippen LogP) is -0.0880. The van der Waals surface area contributed by atoms with Crippen LogP contribution in [-0.4, -0.2) is 34.3 Å². The minimum Gasteiger partial charge on any atom is -0.502 e. The Morgan fingerprint density at radius 3 is 3.00 bits per heavy atom. The van der Waals surface area contributed by atoms with E-state index in [4.69, 9.17) is 9.52 Å². The molecule has 0 spiro atoms. The van der Waals surface area contributed by atoms with Gasteiger partial charge in [-0.1, -0.05) is 0 Å². The second-order valence-corrected chi connectivity index (χ2v) is 3.77. The van der Waals surface area contributed by atoms with Crippen LogP contribution >= 0.6 is 0 Å². The van der Waals surface area contributed by atoms with Crippen LogP contribution in [0.1, 0.15) is 12.2 Å². The van der Waals surface area contributed by atoms with Gasteiger partial charge in [-0.15, -0.1) is 0 Å². The molecule has 2 heterocycles. The smallest absolute Gasteiger partial charge is 0.226 e. The Bertz CT molecular complexity index is 401. The van der Waals surface area contributed by atoms with Crippen LogP contribution in [-0.2, 0) is 6.54 Å². The molecule has 0 amide bonds. The van der Waals surface area contributed by atoms with E-state index in [0.717, 1.165) is 19.2 Å². The van der Waals surface area contributed by atoms with Gasteiger partial charge in [0, 0.05) is 19.2 Å². The van der Waals surface area contributed by atoms with E-state index < -0.39 is 5.43 Å². The molecule has 0 bridgehead atoms. The summed E-state index contributed by atoms with van der Waals surface area (Å²) in [5, 5.41) is 18.3. The van der Waals surface area contributed by atoms with Crippen LogP contribution in [0.15, 0.2) is 21.5 Å². The Morgan fingerprint density at radius 1 is 1.60 bits per heavy atom. The first-order chi connectivity index (χ1) is 7.15. The van der Waals surface area contributed by atoms with Gasteiger partial charge in [0.15, 0.2) is 5.75 Å². The first kappa shape index (κ1) is 10.2. The van der Waals surface area contributed by atoms with Crippen molar-refractivity contribution < 1.29 is 14.6 Å². The van der Waals surface area contributed by atoms with Crippen LogP contribution in [0.25, 0.3) is 0 Å². The van der Waals surface area contributed by atoms with E-state index in [2.05, 4.69) is 0 Å². The molecule has 0 aromatic carbocycles. The first-order valence-electron chi connectivity index (χ1n) is 4.86. The Balaban J connectivity index is 2.05. The molecule has 0 radical (unpaired) electrons. The zero-order valence-corrected chi connectivity index (χ0v) is 8.22. The molecule has 0 unspecified atom stereocenters. The molecule has 15 heavy (non-hydrogen) atoms. The molecule has 1 atom stereocenters. The van der Waals surface area contributed by atoms with Crippen LogP contribution in [0.3, 0.4) is 0 Å². The van der Waals surface area contributed by atoms with Crippen molar-refractivity contribution in [3.63, 3.8) is 0 Å². The van der Waals surface area contributed by atoms with Crippen molar-refractivity contribution in [1.29, 1.82) is 0 Å². The van der Waals surface area contributed by atoms with Crippen LogP contribution in [0.4, 0.5) is 0 Å². The van der Waals surface area contributed by atoms with E-state index in [1.54, 1.807) is 0 Å². The average molecular weight is 211 g/mol. The minimum absolute atomic E-state index is 0.283. The Labute approximate surface area is 86.6 Å². The van der Waals surface area contributed by atoms with Gasteiger partial charge in [-0.25, -0.2) is 0 Å². The molecule has 2 N–H and O–H groups in total. The van der Waals surface area contributed by atoms with Crippen molar-refractivity contribution in [2.45, 2.75) is 19.1 Å². The maximum absolute atomic E-state index is 11.1. The molecular formula is C10H13NO4. The van der Waals surface area contributed by atoms with Gasteiger partial charge in [0.2, 0.25) is 5.43 Å². The number of hydrogen-bond acceptors (Lipinski definition) is 5. The van der Waals surface area contributed by atoms with E-state index in [-0.39, 0.29) is 11.9 Å². The third-order valence-corrected chi connectivity index (χ3v) is 2.49. The second-order valence-electron chi connectivity index (χ2n) is 3.77. The van der Waals surface area contributed by atoms with Gasteiger partial charge in [0.1, 0.15) is 12.0 Å². The number of aromatic hydroxyl groups is 1. The largest absolute Gasteiger partial charge is 0.502 e. The zero-order chi connectivity index (χ0) is 10.8. The Kier molecular flexibility index (Phi) is 2.75. The lowest BCUT2D eigenvalue weighted by atomic mass is 10.3. The number of aliphatic hydroxyl groups is 1. The molecule has 82 valence electrons. The normalized spacial score (nSPS) is 22.1. The van der Waals surface area contributed by atoms with Gasteiger partial charge in [-0.3, -0.25) is 9.69 Å². The molecule has 1 fully saturated rings. The number of β-amino-alcohol motifs (C(OH)–C–C–N with tert-alkyl or cyclic N) is 1. The minimum atomic E-state index is -0.434. The first-order valence-corrected chi connectivity index (χ1v) is 4.86. The Morgan fingerprint density at radius 2 is 2.40 bits per heavy atom. The quantitative estimate of drug-likeness (QED) is 0.715. The summed E-state index contributed by atoms with van der Waals surface area (Å²) in [7, 11) is 0. The molecule has 0 saturated carbocycles. The summed E-state index contributed by atoms with van der Waals surface area (Å²) in [5.41, 5.74) is -0.434. The summed E-state index contributed by atoms with van der Waals surface area (Å²) < 4.78 is 5.06. The predicted molar refractivity (Wildman–Crippen MR) is 52.5 cm³/mol. The molecule has 5 nitrogen and oxygen atoms in total. The SMILES string of the molecule is O=c1cc(CN2CC[C@H](O)C2)occ1O. The second kappa shape index (κ2) is 4.04. The number of nitrogens with zero attached hydrogens (tertiary/aromatic N) is 1. The van der Waals surface area contributed by atoms with Gasteiger partial charge in [0.05, 0.1) is 12.6 Å². The molecule has 1 aromatic rings. The summed E-state index contributed by atoms with van der Waals surface area (Å²) in [6.45, 7) is 1.89. The number of rotatable bonds is 2. The number of hydrogen-bond donors (Lipinski definition) is 2. The van der Waals surface area contributed by atoms with Gasteiger partial charge in [-0.2, -0.15) is 0 Å². The summed E-state index contributed by atoms with van der Waals surface area (Å²) in [4.78, 5) is 13.1. The van der Waals surface area contributed by atoms with E-state index in [9.17, 15) is 9.90 Å². The topological polar surface area (TPSA) is 73.9 Å². The van der Waals surface area contributed by atoms with Gasteiger partial charge in [0.25, 0.3) is 0 Å². The van der Waals surface area contributed by atoms with E-state index in [0.29, 0.717) is 18.8 Å². The molecular weight excluding hydrogens is 198 g/mol. The van der Waals surface area contributed by atoms with E-state index in [1.165, 1.54) is 6.07 Å². The van der Waals surface area contributed by atoms with Crippen molar-refractivity contribution in [2.24, 2.45) is 0 Å². The van der Waals surface area contributed by atoms with Crippen LogP contribution < -0.4 is 5.43 Å². The number of likely N-dealkylation sites (tertiary alicyclic amines) is 1. The van der Waals surface area contributed by atoms with Crippen molar-refractivity contribution in [3.8, 4) is 5.75 Å². The van der Waals surface area contributed by atoms with Crippen molar-refractivity contribution in [2.75, 3.05) is 13.1 Å². The molecule has 1 aliphatic rings. The molecule has 2 rings (SSSR count). The van der Waals surface area contributed by atoms with Crippen LogP contribution in [0.2, 0.25) is 0 Å². The van der Waals surface area contributed by atoms with E-state index in [1.807, 2.05) is 4.90 Å². The summed E-state index contributed by atoms with van der Waals surface area (Å²) in [6, 6.07) is 1.28. The lowest BCUT2D eigenvalue weighted by Crippen LogP contribution is -2.22. The van der Waals surface area contributed by atoms with Crippen LogP contribution in [0.5, 0.6) is 5.75 Å². The summed E-state index contributed by atoms with van der Waals surface area (Å²) in [5.74, 6) is 0.132. The van der Waals surface area contributed by atoms with Crippen molar-refractivity contribution >= 4 is 0 Å².